The molecular weight excluding hydrogens is 248 g/mol. The van der Waals surface area contributed by atoms with Gasteiger partial charge >= 0.3 is 0 Å². The minimum absolute atomic E-state index is 0.691. The molecule has 0 amide bonds. The standard InChI is InChI=1S/C16H28N4/c1-3-7-20-12-13(11-18-20)10-17-14-8-15-5-4-6-16(9-14)19(15)2/h11-12,14-17H,3-10H2,1-2H3. The van der Waals surface area contributed by atoms with Crippen molar-refractivity contribution >= 4 is 0 Å². The van der Waals surface area contributed by atoms with Crippen LogP contribution >= 0.6 is 0 Å². The molecule has 2 aliphatic heterocycles. The van der Waals surface area contributed by atoms with E-state index in [2.05, 4.69) is 40.2 Å². The number of piperidine rings is 2. The van der Waals surface area contributed by atoms with Gasteiger partial charge in [0.1, 0.15) is 0 Å². The van der Waals surface area contributed by atoms with Crippen LogP contribution in [0.5, 0.6) is 0 Å². The minimum atomic E-state index is 0.691. The molecule has 1 N–H and O–H groups in total. The van der Waals surface area contributed by atoms with Crippen molar-refractivity contribution < 1.29 is 0 Å². The highest BCUT2D eigenvalue weighted by molar-refractivity contribution is 5.04. The van der Waals surface area contributed by atoms with Crippen LogP contribution in [0.4, 0.5) is 0 Å². The molecule has 3 rings (SSSR count). The molecule has 4 heteroatoms. The zero-order valence-corrected chi connectivity index (χ0v) is 12.9. The summed E-state index contributed by atoms with van der Waals surface area (Å²) < 4.78 is 2.06. The largest absolute Gasteiger partial charge is 0.310 e. The van der Waals surface area contributed by atoms with Crippen molar-refractivity contribution in [2.75, 3.05) is 7.05 Å². The van der Waals surface area contributed by atoms with E-state index in [9.17, 15) is 0 Å². The second kappa shape index (κ2) is 6.27. The van der Waals surface area contributed by atoms with Crippen molar-refractivity contribution in [1.82, 2.24) is 20.0 Å². The molecule has 2 aliphatic rings. The second-order valence-electron chi connectivity index (χ2n) is 6.56. The maximum atomic E-state index is 4.41. The van der Waals surface area contributed by atoms with Crippen molar-refractivity contribution in [3.63, 3.8) is 0 Å². The van der Waals surface area contributed by atoms with E-state index in [1.807, 2.05) is 6.20 Å². The van der Waals surface area contributed by atoms with Crippen LogP contribution in [-0.4, -0.2) is 39.9 Å². The molecule has 112 valence electrons. The molecule has 0 aliphatic carbocycles. The molecule has 2 fully saturated rings. The molecule has 2 unspecified atom stereocenters. The highest BCUT2D eigenvalue weighted by atomic mass is 15.3. The molecule has 0 saturated carbocycles. The summed E-state index contributed by atoms with van der Waals surface area (Å²) in [5, 5.41) is 8.17. The fourth-order valence-electron chi connectivity index (χ4n) is 3.89. The van der Waals surface area contributed by atoms with Gasteiger partial charge < -0.3 is 10.2 Å². The second-order valence-corrected chi connectivity index (χ2v) is 6.56. The Morgan fingerprint density at radius 3 is 2.75 bits per heavy atom. The van der Waals surface area contributed by atoms with Crippen LogP contribution < -0.4 is 5.32 Å². The number of aryl methyl sites for hydroxylation is 1. The number of hydrogen-bond donors (Lipinski definition) is 1. The fourth-order valence-corrected chi connectivity index (χ4v) is 3.89. The quantitative estimate of drug-likeness (QED) is 0.896. The number of rotatable bonds is 5. The summed E-state index contributed by atoms with van der Waals surface area (Å²) in [4.78, 5) is 2.63. The van der Waals surface area contributed by atoms with Gasteiger partial charge in [-0.25, -0.2) is 0 Å². The Labute approximate surface area is 122 Å². The molecule has 2 saturated heterocycles. The molecule has 0 radical (unpaired) electrons. The lowest BCUT2D eigenvalue weighted by atomic mass is 9.82. The third kappa shape index (κ3) is 3.07. The van der Waals surface area contributed by atoms with Crippen LogP contribution in [0.2, 0.25) is 0 Å². The van der Waals surface area contributed by atoms with Gasteiger partial charge in [0.25, 0.3) is 0 Å². The zero-order chi connectivity index (χ0) is 13.9. The van der Waals surface area contributed by atoms with E-state index in [1.54, 1.807) is 0 Å². The van der Waals surface area contributed by atoms with Crippen LogP contribution in [-0.2, 0) is 13.1 Å². The molecule has 20 heavy (non-hydrogen) atoms. The Balaban J connectivity index is 1.51. The Bertz CT molecular complexity index is 414. The first-order valence-corrected chi connectivity index (χ1v) is 8.23. The van der Waals surface area contributed by atoms with Crippen LogP contribution in [0.25, 0.3) is 0 Å². The first kappa shape index (κ1) is 14.1. The van der Waals surface area contributed by atoms with E-state index in [0.717, 1.165) is 31.6 Å². The van der Waals surface area contributed by atoms with Crippen molar-refractivity contribution in [2.45, 2.75) is 76.7 Å². The summed E-state index contributed by atoms with van der Waals surface area (Å²) in [5.74, 6) is 0. The molecular formula is C16H28N4. The first-order valence-electron chi connectivity index (χ1n) is 8.23. The lowest BCUT2D eigenvalue weighted by Gasteiger charge is -2.47. The number of nitrogens with zero attached hydrogens (tertiary/aromatic N) is 3. The van der Waals surface area contributed by atoms with Crippen LogP contribution in [0, 0.1) is 0 Å². The monoisotopic (exact) mass is 276 g/mol. The van der Waals surface area contributed by atoms with E-state index < -0.39 is 0 Å². The molecule has 1 aromatic rings. The molecule has 2 atom stereocenters. The number of fused-ring (bicyclic) bond motifs is 2. The maximum absolute atomic E-state index is 4.41. The van der Waals surface area contributed by atoms with E-state index >= 15 is 0 Å². The third-order valence-electron chi connectivity index (χ3n) is 5.07. The van der Waals surface area contributed by atoms with E-state index in [-0.39, 0.29) is 0 Å². The van der Waals surface area contributed by atoms with Gasteiger partial charge in [0.05, 0.1) is 6.20 Å². The van der Waals surface area contributed by atoms with Crippen molar-refractivity contribution in [2.24, 2.45) is 0 Å². The molecule has 3 heterocycles. The van der Waals surface area contributed by atoms with Gasteiger partial charge in [-0.3, -0.25) is 4.68 Å². The molecule has 4 nitrogen and oxygen atoms in total. The van der Waals surface area contributed by atoms with Crippen LogP contribution in [0.1, 0.15) is 51.0 Å². The Kier molecular flexibility index (Phi) is 4.41. The smallest absolute Gasteiger partial charge is 0.0534 e. The third-order valence-corrected chi connectivity index (χ3v) is 5.07. The van der Waals surface area contributed by atoms with Gasteiger partial charge in [-0.15, -0.1) is 0 Å². The van der Waals surface area contributed by atoms with Gasteiger partial charge in [0, 0.05) is 43.0 Å². The highest BCUT2D eigenvalue weighted by Gasteiger charge is 2.35. The number of nitrogens with one attached hydrogen (secondary N) is 1. The predicted octanol–water partition coefficient (Wildman–Crippen LogP) is 2.40. The van der Waals surface area contributed by atoms with Crippen molar-refractivity contribution in [1.29, 1.82) is 0 Å². The molecule has 2 bridgehead atoms. The normalized spacial score (nSPS) is 30.6. The van der Waals surface area contributed by atoms with Gasteiger partial charge in [-0.1, -0.05) is 13.3 Å². The predicted molar refractivity (Wildman–Crippen MR) is 81.6 cm³/mol. The van der Waals surface area contributed by atoms with Crippen LogP contribution in [0.15, 0.2) is 12.4 Å². The fraction of sp³-hybridized carbons (Fsp3) is 0.812. The number of aromatic nitrogens is 2. The molecule has 0 spiro atoms. The lowest BCUT2D eigenvalue weighted by Crippen LogP contribution is -2.54. The van der Waals surface area contributed by atoms with Gasteiger partial charge in [-0.2, -0.15) is 5.10 Å². The topological polar surface area (TPSA) is 33.1 Å². The van der Waals surface area contributed by atoms with Crippen molar-refractivity contribution in [3.05, 3.63) is 18.0 Å². The maximum Gasteiger partial charge on any atom is 0.0534 e. The van der Waals surface area contributed by atoms with Gasteiger partial charge in [0.15, 0.2) is 0 Å². The summed E-state index contributed by atoms with van der Waals surface area (Å²) in [6, 6.07) is 2.31. The highest BCUT2D eigenvalue weighted by Crippen LogP contribution is 2.32. The molecule has 0 aromatic carbocycles. The minimum Gasteiger partial charge on any atom is -0.310 e. The summed E-state index contributed by atoms with van der Waals surface area (Å²) in [5.41, 5.74) is 1.32. The van der Waals surface area contributed by atoms with E-state index in [1.165, 1.54) is 37.7 Å². The van der Waals surface area contributed by atoms with Crippen molar-refractivity contribution in [3.8, 4) is 0 Å². The SMILES string of the molecule is CCCn1cc(CNC2CC3CCCC(C2)N3C)cn1. The Hall–Kier alpha value is -0.870. The summed E-state index contributed by atoms with van der Waals surface area (Å²) in [6.45, 7) is 4.19. The summed E-state index contributed by atoms with van der Waals surface area (Å²) in [7, 11) is 2.32. The molecule has 1 aromatic heterocycles. The number of hydrogen-bond acceptors (Lipinski definition) is 3. The Morgan fingerprint density at radius 2 is 2.05 bits per heavy atom. The first-order chi connectivity index (χ1) is 9.76. The van der Waals surface area contributed by atoms with E-state index in [4.69, 9.17) is 0 Å². The van der Waals surface area contributed by atoms with E-state index in [0.29, 0.717) is 6.04 Å². The Morgan fingerprint density at radius 1 is 1.30 bits per heavy atom. The summed E-state index contributed by atoms with van der Waals surface area (Å²) in [6.07, 6.45) is 12.2. The average Bonchev–Trinajstić information content (AvgIpc) is 2.85. The van der Waals surface area contributed by atoms with Gasteiger partial charge in [0.2, 0.25) is 0 Å². The van der Waals surface area contributed by atoms with Crippen LogP contribution in [0.3, 0.4) is 0 Å². The lowest BCUT2D eigenvalue weighted by molar-refractivity contribution is 0.0482. The van der Waals surface area contributed by atoms with Gasteiger partial charge in [-0.05, 0) is 39.2 Å². The summed E-state index contributed by atoms with van der Waals surface area (Å²) >= 11 is 0. The average molecular weight is 276 g/mol. The zero-order valence-electron chi connectivity index (χ0n) is 12.9.